The summed E-state index contributed by atoms with van der Waals surface area (Å²) < 4.78 is 13.2. The molecule has 0 spiro atoms. The van der Waals surface area contributed by atoms with E-state index in [1.54, 1.807) is 29.3 Å². The second kappa shape index (κ2) is 7.41. The summed E-state index contributed by atoms with van der Waals surface area (Å²) in [7, 11) is 1.62. The van der Waals surface area contributed by atoms with Gasteiger partial charge in [0.05, 0.1) is 13.3 Å². The van der Waals surface area contributed by atoms with Crippen molar-refractivity contribution in [3.8, 4) is 11.5 Å². The molecule has 0 radical (unpaired) electrons. The van der Waals surface area contributed by atoms with Gasteiger partial charge < -0.3 is 9.47 Å². The topological polar surface area (TPSA) is 64.4 Å². The Hall–Kier alpha value is -2.45. The van der Waals surface area contributed by atoms with Crippen LogP contribution in [0.25, 0.3) is 0 Å². The molecule has 0 aliphatic heterocycles. The summed E-state index contributed by atoms with van der Waals surface area (Å²) >= 11 is 6.78. The number of nitrogens with zero attached hydrogens (tertiary/aromatic N) is 3. The van der Waals surface area contributed by atoms with E-state index < -0.39 is 0 Å². The molecule has 0 saturated heterocycles. The summed E-state index contributed by atoms with van der Waals surface area (Å²) in [6, 6.07) is 9.69. The van der Waals surface area contributed by atoms with E-state index in [1.165, 1.54) is 0 Å². The van der Waals surface area contributed by atoms with Crippen LogP contribution < -0.4 is 9.47 Å². The molecule has 2 aromatic heterocycles. The Labute approximate surface area is 148 Å². The van der Waals surface area contributed by atoms with Crippen LogP contribution in [0.2, 0.25) is 0 Å². The molecule has 1 N–H and O–H groups in total. The zero-order valence-corrected chi connectivity index (χ0v) is 14.9. The maximum absolute atomic E-state index is 5.82. The maximum atomic E-state index is 5.82. The number of thiophene rings is 1. The Morgan fingerprint density at radius 1 is 1.38 bits per heavy atom. The number of aryl methyl sites for hydroxylation is 1. The van der Waals surface area contributed by atoms with Gasteiger partial charge in [-0.25, -0.2) is 0 Å². The van der Waals surface area contributed by atoms with Crippen LogP contribution in [0.1, 0.15) is 16.3 Å². The Morgan fingerprint density at radius 3 is 2.92 bits per heavy atom. The van der Waals surface area contributed by atoms with Gasteiger partial charge in [0, 0.05) is 4.88 Å². The fourth-order valence-electron chi connectivity index (χ4n) is 2.06. The normalized spacial score (nSPS) is 11.1. The number of hydrogen-bond donors (Lipinski definition) is 1. The number of aromatic nitrogens is 3. The fourth-order valence-corrected chi connectivity index (χ4v) is 2.90. The molecular formula is C16H16N4O2S2. The van der Waals surface area contributed by atoms with Gasteiger partial charge in [0.2, 0.25) is 4.77 Å². The lowest BCUT2D eigenvalue weighted by Crippen LogP contribution is -1.98. The van der Waals surface area contributed by atoms with Crippen LogP contribution in [-0.2, 0) is 6.61 Å². The molecule has 0 atom stereocenters. The number of H-pyrrole nitrogens is 1. The monoisotopic (exact) mass is 360 g/mol. The van der Waals surface area contributed by atoms with Crippen molar-refractivity contribution < 1.29 is 9.47 Å². The average Bonchev–Trinajstić information content (AvgIpc) is 3.22. The van der Waals surface area contributed by atoms with Crippen molar-refractivity contribution >= 4 is 29.8 Å². The molecule has 0 unspecified atom stereocenters. The molecule has 6 nitrogen and oxygen atoms in total. The molecule has 0 saturated carbocycles. The van der Waals surface area contributed by atoms with Gasteiger partial charge >= 0.3 is 0 Å². The van der Waals surface area contributed by atoms with Crippen LogP contribution in [0.5, 0.6) is 11.5 Å². The number of methoxy groups -OCH3 is 1. The van der Waals surface area contributed by atoms with Crippen molar-refractivity contribution in [1.29, 1.82) is 0 Å². The van der Waals surface area contributed by atoms with Gasteiger partial charge in [0.15, 0.2) is 11.5 Å². The van der Waals surface area contributed by atoms with Gasteiger partial charge in [0.1, 0.15) is 12.4 Å². The molecule has 3 aromatic rings. The quantitative estimate of drug-likeness (QED) is 0.537. The molecule has 8 heteroatoms. The number of benzene rings is 1. The first-order valence-corrected chi connectivity index (χ1v) is 8.48. The number of rotatable bonds is 6. The van der Waals surface area contributed by atoms with E-state index in [2.05, 4.69) is 15.3 Å². The lowest BCUT2D eigenvalue weighted by Gasteiger charge is -2.10. The Morgan fingerprint density at radius 2 is 2.25 bits per heavy atom. The van der Waals surface area contributed by atoms with Gasteiger partial charge in [-0.1, -0.05) is 6.07 Å². The van der Waals surface area contributed by atoms with Gasteiger partial charge in [-0.05, 0) is 54.4 Å². The Kier molecular flexibility index (Phi) is 5.07. The third-order valence-electron chi connectivity index (χ3n) is 3.27. The minimum Gasteiger partial charge on any atom is -0.493 e. The third-order valence-corrected chi connectivity index (χ3v) is 4.39. The summed E-state index contributed by atoms with van der Waals surface area (Å²) in [6.45, 7) is 2.34. The number of nitrogens with one attached hydrogen (secondary N) is 1. The molecule has 1 aromatic carbocycles. The molecule has 24 heavy (non-hydrogen) atoms. The van der Waals surface area contributed by atoms with E-state index in [0.29, 0.717) is 28.7 Å². The third kappa shape index (κ3) is 3.72. The first kappa shape index (κ1) is 16.4. The van der Waals surface area contributed by atoms with E-state index >= 15 is 0 Å². The molecule has 0 aliphatic carbocycles. The lowest BCUT2D eigenvalue weighted by molar-refractivity contribution is 0.287. The predicted octanol–water partition coefficient (Wildman–Crippen LogP) is 3.78. The lowest BCUT2D eigenvalue weighted by atomic mass is 10.2. The largest absolute Gasteiger partial charge is 0.493 e. The van der Waals surface area contributed by atoms with E-state index in [1.807, 2.05) is 42.6 Å². The summed E-state index contributed by atoms with van der Waals surface area (Å²) in [6.07, 6.45) is 1.70. The first-order chi connectivity index (χ1) is 11.7. The Bertz CT molecular complexity index is 897. The van der Waals surface area contributed by atoms with Crippen molar-refractivity contribution in [1.82, 2.24) is 14.9 Å². The van der Waals surface area contributed by atoms with Gasteiger partial charge in [-0.3, -0.25) is 5.10 Å². The summed E-state index contributed by atoms with van der Waals surface area (Å²) in [5.41, 5.74) is 0.873. The number of aromatic amines is 1. The smallest absolute Gasteiger partial charge is 0.216 e. The minimum atomic E-state index is 0.451. The molecule has 0 aliphatic rings. The number of hydrogen-bond acceptors (Lipinski definition) is 6. The second-order valence-corrected chi connectivity index (χ2v) is 6.33. The highest BCUT2D eigenvalue weighted by atomic mass is 32.1. The molecule has 2 heterocycles. The highest BCUT2D eigenvalue weighted by molar-refractivity contribution is 7.71. The first-order valence-electron chi connectivity index (χ1n) is 7.19. The van der Waals surface area contributed by atoms with Crippen LogP contribution in [0.3, 0.4) is 0 Å². The highest BCUT2D eigenvalue weighted by Gasteiger charge is 2.06. The standard InChI is InChI=1S/C16H16N4O2S2/c1-11-18-19-16(23)20(11)17-9-12-5-6-14(15(8-12)21-2)22-10-13-4-3-7-24-13/h3-9H,10H2,1-2H3,(H,19,23)/b17-9-. The number of ether oxygens (including phenoxy) is 2. The Balaban J connectivity index is 1.77. The van der Waals surface area contributed by atoms with Crippen LogP contribution in [-0.4, -0.2) is 28.2 Å². The van der Waals surface area contributed by atoms with E-state index in [-0.39, 0.29) is 0 Å². The molecule has 0 bridgehead atoms. The van der Waals surface area contributed by atoms with Crippen LogP contribution >= 0.6 is 23.6 Å². The average molecular weight is 360 g/mol. The fraction of sp³-hybridized carbons (Fsp3) is 0.188. The van der Waals surface area contributed by atoms with Crippen molar-refractivity contribution in [2.45, 2.75) is 13.5 Å². The van der Waals surface area contributed by atoms with Crippen LogP contribution in [0, 0.1) is 11.7 Å². The van der Waals surface area contributed by atoms with Gasteiger partial charge in [0.25, 0.3) is 0 Å². The van der Waals surface area contributed by atoms with Crippen molar-refractivity contribution in [3.63, 3.8) is 0 Å². The predicted molar refractivity (Wildman–Crippen MR) is 96.8 cm³/mol. The van der Waals surface area contributed by atoms with Crippen molar-refractivity contribution in [2.24, 2.45) is 5.10 Å². The SMILES string of the molecule is COc1cc(/C=N\n2c(C)n[nH]c2=S)ccc1OCc1cccs1. The van der Waals surface area contributed by atoms with Gasteiger partial charge in [-0.2, -0.15) is 14.9 Å². The zero-order chi connectivity index (χ0) is 16.9. The zero-order valence-electron chi connectivity index (χ0n) is 13.2. The molecule has 124 valence electrons. The minimum absolute atomic E-state index is 0.451. The molecule has 0 fully saturated rings. The van der Waals surface area contributed by atoms with E-state index in [0.717, 1.165) is 10.4 Å². The van der Waals surface area contributed by atoms with Gasteiger partial charge in [-0.15, -0.1) is 11.3 Å². The molecule has 0 amide bonds. The van der Waals surface area contributed by atoms with Crippen LogP contribution in [0.15, 0.2) is 40.8 Å². The van der Waals surface area contributed by atoms with Crippen molar-refractivity contribution in [2.75, 3.05) is 7.11 Å². The summed E-state index contributed by atoms with van der Waals surface area (Å²) in [5, 5.41) is 13.1. The van der Waals surface area contributed by atoms with E-state index in [9.17, 15) is 0 Å². The van der Waals surface area contributed by atoms with Crippen LogP contribution in [0.4, 0.5) is 0 Å². The van der Waals surface area contributed by atoms with E-state index in [4.69, 9.17) is 21.7 Å². The maximum Gasteiger partial charge on any atom is 0.216 e. The molecular weight excluding hydrogens is 344 g/mol. The highest BCUT2D eigenvalue weighted by Crippen LogP contribution is 2.28. The second-order valence-electron chi connectivity index (χ2n) is 4.91. The van der Waals surface area contributed by atoms with Crippen molar-refractivity contribution in [3.05, 3.63) is 56.7 Å². The summed E-state index contributed by atoms with van der Waals surface area (Å²) in [4.78, 5) is 1.16. The molecule has 3 rings (SSSR count). The summed E-state index contributed by atoms with van der Waals surface area (Å²) in [5.74, 6) is 2.04.